The Bertz CT molecular complexity index is 252. The van der Waals surface area contributed by atoms with Crippen molar-refractivity contribution >= 4 is 11.6 Å². The number of ketones is 2. The Morgan fingerprint density at radius 3 is 2.28 bits per heavy atom. The molecular formula is C16H28O2. The Kier molecular flexibility index (Phi) is 7.95. The standard InChI is InChI=1S/C16H28O2/c1-2-3-4-5-9-12-15(17)13-16(18)14-10-7-6-8-11-14/h14H,2-13H2,1H3. The van der Waals surface area contributed by atoms with Gasteiger partial charge in [0.25, 0.3) is 0 Å². The third-order valence-corrected chi connectivity index (χ3v) is 3.99. The van der Waals surface area contributed by atoms with E-state index in [1.165, 1.54) is 38.5 Å². The molecule has 1 saturated carbocycles. The first-order chi connectivity index (χ1) is 8.74. The Morgan fingerprint density at radius 1 is 0.944 bits per heavy atom. The zero-order valence-corrected chi connectivity index (χ0v) is 11.9. The van der Waals surface area contributed by atoms with Crippen molar-refractivity contribution in [2.45, 2.75) is 84.0 Å². The van der Waals surface area contributed by atoms with Crippen LogP contribution in [-0.2, 0) is 9.59 Å². The zero-order chi connectivity index (χ0) is 13.2. The van der Waals surface area contributed by atoms with Crippen LogP contribution in [0.25, 0.3) is 0 Å². The van der Waals surface area contributed by atoms with Crippen molar-refractivity contribution in [3.8, 4) is 0 Å². The van der Waals surface area contributed by atoms with Crippen molar-refractivity contribution in [1.82, 2.24) is 0 Å². The molecule has 104 valence electrons. The van der Waals surface area contributed by atoms with Crippen LogP contribution >= 0.6 is 0 Å². The van der Waals surface area contributed by atoms with E-state index in [2.05, 4.69) is 6.92 Å². The molecule has 0 radical (unpaired) electrons. The highest BCUT2D eigenvalue weighted by Crippen LogP contribution is 2.25. The molecule has 0 aromatic carbocycles. The highest BCUT2D eigenvalue weighted by molar-refractivity contribution is 6.00. The van der Waals surface area contributed by atoms with E-state index in [0.717, 1.165) is 25.7 Å². The van der Waals surface area contributed by atoms with E-state index < -0.39 is 0 Å². The fourth-order valence-electron chi connectivity index (χ4n) is 2.78. The van der Waals surface area contributed by atoms with Crippen LogP contribution in [0.15, 0.2) is 0 Å². The van der Waals surface area contributed by atoms with Crippen LogP contribution < -0.4 is 0 Å². The van der Waals surface area contributed by atoms with Crippen molar-refractivity contribution in [1.29, 1.82) is 0 Å². The summed E-state index contributed by atoms with van der Waals surface area (Å²) in [6.07, 6.45) is 12.3. The normalized spacial score (nSPS) is 16.7. The summed E-state index contributed by atoms with van der Waals surface area (Å²) in [4.78, 5) is 23.6. The van der Waals surface area contributed by atoms with Crippen molar-refractivity contribution in [2.75, 3.05) is 0 Å². The minimum absolute atomic E-state index is 0.169. The number of carbonyl (C=O) groups is 2. The molecule has 0 unspecified atom stereocenters. The second kappa shape index (κ2) is 9.29. The lowest BCUT2D eigenvalue weighted by Gasteiger charge is -2.19. The van der Waals surface area contributed by atoms with Crippen molar-refractivity contribution < 1.29 is 9.59 Å². The number of rotatable bonds is 9. The molecule has 0 saturated heterocycles. The van der Waals surface area contributed by atoms with Crippen LogP contribution in [0, 0.1) is 5.92 Å². The van der Waals surface area contributed by atoms with Crippen LogP contribution in [0.3, 0.4) is 0 Å². The molecule has 0 amide bonds. The van der Waals surface area contributed by atoms with E-state index >= 15 is 0 Å². The van der Waals surface area contributed by atoms with Gasteiger partial charge in [-0.15, -0.1) is 0 Å². The Hall–Kier alpha value is -0.660. The quantitative estimate of drug-likeness (QED) is 0.448. The average molecular weight is 252 g/mol. The first-order valence-corrected chi connectivity index (χ1v) is 7.78. The average Bonchev–Trinajstić information content (AvgIpc) is 2.39. The molecule has 2 nitrogen and oxygen atoms in total. The summed E-state index contributed by atoms with van der Waals surface area (Å²) in [5, 5.41) is 0. The predicted octanol–water partition coefficient (Wildman–Crippen LogP) is 4.46. The molecule has 2 heteroatoms. The number of carbonyl (C=O) groups excluding carboxylic acids is 2. The van der Waals surface area contributed by atoms with E-state index in [4.69, 9.17) is 0 Å². The van der Waals surface area contributed by atoms with Crippen molar-refractivity contribution in [3.63, 3.8) is 0 Å². The molecule has 1 rings (SSSR count). The number of unbranched alkanes of at least 4 members (excludes halogenated alkanes) is 4. The molecule has 0 aromatic heterocycles. The summed E-state index contributed by atoms with van der Waals surface area (Å²) >= 11 is 0. The minimum Gasteiger partial charge on any atom is -0.299 e. The Balaban J connectivity index is 2.09. The van der Waals surface area contributed by atoms with Gasteiger partial charge in [0.2, 0.25) is 0 Å². The van der Waals surface area contributed by atoms with Gasteiger partial charge in [0.05, 0.1) is 6.42 Å². The minimum atomic E-state index is 0.169. The number of hydrogen-bond acceptors (Lipinski definition) is 2. The topological polar surface area (TPSA) is 34.1 Å². The van der Waals surface area contributed by atoms with E-state index in [9.17, 15) is 9.59 Å². The van der Waals surface area contributed by atoms with E-state index in [0.29, 0.717) is 6.42 Å². The van der Waals surface area contributed by atoms with Gasteiger partial charge < -0.3 is 0 Å². The van der Waals surface area contributed by atoms with Gasteiger partial charge in [0.1, 0.15) is 11.6 Å². The SMILES string of the molecule is CCCCCCCC(=O)CC(=O)C1CCCCC1. The smallest absolute Gasteiger partial charge is 0.143 e. The van der Waals surface area contributed by atoms with Gasteiger partial charge >= 0.3 is 0 Å². The molecule has 0 N–H and O–H groups in total. The van der Waals surface area contributed by atoms with Crippen LogP contribution in [-0.4, -0.2) is 11.6 Å². The maximum absolute atomic E-state index is 11.9. The van der Waals surface area contributed by atoms with Gasteiger partial charge in [-0.1, -0.05) is 51.9 Å². The summed E-state index contributed by atoms with van der Waals surface area (Å²) in [5.41, 5.74) is 0. The maximum atomic E-state index is 11.9. The lowest BCUT2D eigenvalue weighted by Crippen LogP contribution is -2.20. The molecular weight excluding hydrogens is 224 g/mol. The van der Waals surface area contributed by atoms with Crippen molar-refractivity contribution in [3.05, 3.63) is 0 Å². The molecule has 0 atom stereocenters. The monoisotopic (exact) mass is 252 g/mol. The van der Waals surface area contributed by atoms with Gasteiger partial charge in [-0.25, -0.2) is 0 Å². The number of Topliss-reactive ketones (excluding diaryl/α,β-unsaturated/α-hetero) is 2. The predicted molar refractivity (Wildman–Crippen MR) is 74.6 cm³/mol. The molecule has 1 aliphatic rings. The zero-order valence-electron chi connectivity index (χ0n) is 11.9. The van der Waals surface area contributed by atoms with Gasteiger partial charge in [0.15, 0.2) is 0 Å². The Labute approximate surface area is 112 Å². The van der Waals surface area contributed by atoms with E-state index in [1.54, 1.807) is 0 Å². The highest BCUT2D eigenvalue weighted by atomic mass is 16.1. The van der Waals surface area contributed by atoms with E-state index in [-0.39, 0.29) is 23.9 Å². The second-order valence-corrected chi connectivity index (χ2v) is 5.68. The maximum Gasteiger partial charge on any atom is 0.143 e. The summed E-state index contributed by atoms with van der Waals surface area (Å²) < 4.78 is 0. The summed E-state index contributed by atoms with van der Waals surface area (Å²) in [6, 6.07) is 0. The molecule has 0 aliphatic heterocycles. The second-order valence-electron chi connectivity index (χ2n) is 5.68. The first-order valence-electron chi connectivity index (χ1n) is 7.78. The van der Waals surface area contributed by atoms with Gasteiger partial charge in [0, 0.05) is 12.3 Å². The lowest BCUT2D eigenvalue weighted by atomic mass is 9.84. The summed E-state index contributed by atoms with van der Waals surface area (Å²) in [6.45, 7) is 2.19. The van der Waals surface area contributed by atoms with Gasteiger partial charge in [-0.2, -0.15) is 0 Å². The van der Waals surface area contributed by atoms with E-state index in [1.807, 2.05) is 0 Å². The third-order valence-electron chi connectivity index (χ3n) is 3.99. The molecule has 0 bridgehead atoms. The largest absolute Gasteiger partial charge is 0.299 e. The van der Waals surface area contributed by atoms with Crippen LogP contribution in [0.4, 0.5) is 0 Å². The molecule has 0 aromatic rings. The molecule has 1 aliphatic carbocycles. The van der Waals surface area contributed by atoms with Crippen molar-refractivity contribution in [2.24, 2.45) is 5.92 Å². The fourth-order valence-corrected chi connectivity index (χ4v) is 2.78. The fraction of sp³-hybridized carbons (Fsp3) is 0.875. The van der Waals surface area contributed by atoms with Crippen LogP contribution in [0.5, 0.6) is 0 Å². The molecule has 0 heterocycles. The van der Waals surface area contributed by atoms with Gasteiger partial charge in [-0.05, 0) is 19.3 Å². The lowest BCUT2D eigenvalue weighted by molar-refractivity contribution is -0.129. The van der Waals surface area contributed by atoms with Gasteiger partial charge in [-0.3, -0.25) is 9.59 Å². The molecule has 0 spiro atoms. The molecule has 1 fully saturated rings. The summed E-state index contributed by atoms with van der Waals surface area (Å²) in [5.74, 6) is 0.582. The number of hydrogen-bond donors (Lipinski definition) is 0. The Morgan fingerprint density at radius 2 is 1.61 bits per heavy atom. The third kappa shape index (κ3) is 6.32. The summed E-state index contributed by atoms with van der Waals surface area (Å²) in [7, 11) is 0. The van der Waals surface area contributed by atoms with Crippen LogP contribution in [0.2, 0.25) is 0 Å². The first kappa shape index (κ1) is 15.4. The van der Waals surface area contributed by atoms with Crippen LogP contribution in [0.1, 0.15) is 84.0 Å². The highest BCUT2D eigenvalue weighted by Gasteiger charge is 2.22. The molecule has 18 heavy (non-hydrogen) atoms.